The number of aromatic amines is 1. The molecule has 1 aliphatic rings. The summed E-state index contributed by atoms with van der Waals surface area (Å²) in [6.45, 7) is 4.65. The van der Waals surface area contributed by atoms with Crippen LogP contribution in [0.2, 0.25) is 0 Å². The average Bonchev–Trinajstić information content (AvgIpc) is 2.91. The molecule has 1 fully saturated rings. The average molecular weight is 315 g/mol. The second-order valence-electron chi connectivity index (χ2n) is 5.96. The third-order valence-corrected chi connectivity index (χ3v) is 5.80. The number of sulfonamides is 1. The van der Waals surface area contributed by atoms with Gasteiger partial charge in [-0.05, 0) is 17.9 Å². The minimum absolute atomic E-state index is 0.0270. The normalized spacial score (nSPS) is 23.0. The van der Waals surface area contributed by atoms with Crippen molar-refractivity contribution in [2.45, 2.75) is 31.2 Å². The van der Waals surface area contributed by atoms with Gasteiger partial charge in [-0.2, -0.15) is 4.31 Å². The first-order valence-corrected chi connectivity index (χ1v) is 8.15. The molecule has 1 unspecified atom stereocenters. The van der Waals surface area contributed by atoms with E-state index in [0.29, 0.717) is 19.5 Å². The number of carbonyl (C=O) groups is 1. The Bertz CT molecular complexity index is 636. The van der Waals surface area contributed by atoms with Crippen LogP contribution in [0.4, 0.5) is 0 Å². The highest BCUT2D eigenvalue weighted by Crippen LogP contribution is 2.31. The van der Waals surface area contributed by atoms with E-state index in [9.17, 15) is 13.2 Å². The first-order valence-electron chi connectivity index (χ1n) is 6.71. The van der Waals surface area contributed by atoms with Crippen molar-refractivity contribution >= 4 is 16.0 Å². The fourth-order valence-corrected chi connectivity index (χ4v) is 4.05. The van der Waals surface area contributed by atoms with E-state index in [1.54, 1.807) is 0 Å². The van der Waals surface area contributed by atoms with Crippen LogP contribution in [-0.2, 0) is 14.8 Å². The largest absolute Gasteiger partial charge is 0.464 e. The van der Waals surface area contributed by atoms with Crippen molar-refractivity contribution in [2.75, 3.05) is 20.2 Å². The summed E-state index contributed by atoms with van der Waals surface area (Å²) in [6, 6.07) is 1.27. The molecule has 1 saturated heterocycles. The monoisotopic (exact) mass is 315 g/mol. The van der Waals surface area contributed by atoms with Gasteiger partial charge >= 0.3 is 5.97 Å². The van der Waals surface area contributed by atoms with Gasteiger partial charge in [0.1, 0.15) is 10.6 Å². The van der Waals surface area contributed by atoms with Gasteiger partial charge in [0.05, 0.1) is 7.11 Å². The molecule has 0 radical (unpaired) electrons. The fraction of sp³-hybridized carbons (Fsp3) is 0.615. The lowest BCUT2D eigenvalue weighted by Crippen LogP contribution is -2.53. The summed E-state index contributed by atoms with van der Waals surface area (Å²) in [5.41, 5.74) is 5.86. The summed E-state index contributed by atoms with van der Waals surface area (Å²) in [6.07, 6.45) is 1.92. The molecule has 1 atom stereocenters. The maximum absolute atomic E-state index is 12.6. The number of hydrogen-bond acceptors (Lipinski definition) is 5. The molecular weight excluding hydrogens is 294 g/mol. The SMILES string of the molecule is COC(=O)c1cc(S(=O)(=O)N2CCC(N)C(C)(C)C2)c[nH]1. The zero-order valence-electron chi connectivity index (χ0n) is 12.4. The van der Waals surface area contributed by atoms with Crippen LogP contribution >= 0.6 is 0 Å². The molecule has 0 amide bonds. The van der Waals surface area contributed by atoms with Gasteiger partial charge in [-0.1, -0.05) is 13.8 Å². The third kappa shape index (κ3) is 2.97. The van der Waals surface area contributed by atoms with Crippen LogP contribution < -0.4 is 5.73 Å². The molecule has 0 spiro atoms. The number of methoxy groups -OCH3 is 1. The third-order valence-electron chi connectivity index (χ3n) is 3.98. The highest BCUT2D eigenvalue weighted by molar-refractivity contribution is 7.89. The molecule has 3 N–H and O–H groups in total. The van der Waals surface area contributed by atoms with Gasteiger partial charge in [-0.15, -0.1) is 0 Å². The van der Waals surface area contributed by atoms with Gasteiger partial charge in [-0.25, -0.2) is 13.2 Å². The lowest BCUT2D eigenvalue weighted by Gasteiger charge is -2.41. The lowest BCUT2D eigenvalue weighted by molar-refractivity contribution is 0.0594. The van der Waals surface area contributed by atoms with Crippen molar-refractivity contribution in [1.82, 2.24) is 9.29 Å². The molecule has 21 heavy (non-hydrogen) atoms. The summed E-state index contributed by atoms with van der Waals surface area (Å²) in [5, 5.41) is 0. The summed E-state index contributed by atoms with van der Waals surface area (Å²) < 4.78 is 31.2. The topological polar surface area (TPSA) is 105 Å². The standard InChI is InChI=1S/C13H21N3O4S/c1-13(2)8-16(5-4-11(13)14)21(18,19)9-6-10(15-7-9)12(17)20-3/h6-7,11,15H,4-5,8,14H2,1-3H3. The fourth-order valence-electron chi connectivity index (χ4n) is 2.43. The number of esters is 1. The van der Waals surface area contributed by atoms with Gasteiger partial charge < -0.3 is 15.5 Å². The Morgan fingerprint density at radius 1 is 1.52 bits per heavy atom. The molecule has 0 saturated carbocycles. The quantitative estimate of drug-likeness (QED) is 0.792. The van der Waals surface area contributed by atoms with E-state index in [1.165, 1.54) is 23.7 Å². The Balaban J connectivity index is 2.26. The number of H-pyrrole nitrogens is 1. The Morgan fingerprint density at radius 2 is 2.19 bits per heavy atom. The second kappa shape index (κ2) is 5.43. The zero-order valence-corrected chi connectivity index (χ0v) is 13.2. The van der Waals surface area contributed by atoms with Crippen LogP contribution in [0.25, 0.3) is 0 Å². The Hall–Kier alpha value is -1.38. The first kappa shape index (κ1) is 16.0. The molecule has 1 aromatic rings. The number of rotatable bonds is 3. The molecule has 118 valence electrons. The van der Waals surface area contributed by atoms with Gasteiger partial charge in [0.2, 0.25) is 10.0 Å². The highest BCUT2D eigenvalue weighted by Gasteiger charge is 2.39. The molecule has 2 heterocycles. The van der Waals surface area contributed by atoms with E-state index in [1.807, 2.05) is 13.8 Å². The number of aromatic nitrogens is 1. The lowest BCUT2D eigenvalue weighted by atomic mass is 9.81. The minimum Gasteiger partial charge on any atom is -0.464 e. The van der Waals surface area contributed by atoms with Crippen LogP contribution in [0.3, 0.4) is 0 Å². The first-order chi connectivity index (χ1) is 9.68. The summed E-state index contributed by atoms with van der Waals surface area (Å²) >= 11 is 0. The minimum atomic E-state index is -3.64. The van der Waals surface area contributed by atoms with Crippen LogP contribution in [0.15, 0.2) is 17.2 Å². The summed E-state index contributed by atoms with van der Waals surface area (Å²) in [7, 11) is -2.40. The molecule has 8 heteroatoms. The number of piperidine rings is 1. The Kier molecular flexibility index (Phi) is 4.14. The smallest absolute Gasteiger partial charge is 0.354 e. The van der Waals surface area contributed by atoms with Crippen molar-refractivity contribution in [2.24, 2.45) is 11.1 Å². The van der Waals surface area contributed by atoms with Crippen molar-refractivity contribution in [3.05, 3.63) is 18.0 Å². The molecule has 2 rings (SSSR count). The zero-order chi connectivity index (χ0) is 15.8. The molecule has 0 bridgehead atoms. The number of nitrogens with two attached hydrogens (primary N) is 1. The number of carbonyl (C=O) groups excluding carboxylic acids is 1. The van der Waals surface area contributed by atoms with Gasteiger partial charge in [0, 0.05) is 25.3 Å². The molecule has 0 aromatic carbocycles. The number of ether oxygens (including phenoxy) is 1. The van der Waals surface area contributed by atoms with Crippen LogP contribution in [0.5, 0.6) is 0 Å². The number of nitrogens with one attached hydrogen (secondary N) is 1. The maximum Gasteiger partial charge on any atom is 0.354 e. The second-order valence-corrected chi connectivity index (χ2v) is 7.90. The predicted octanol–water partition coefficient (Wildman–Crippen LogP) is 0.549. The maximum atomic E-state index is 12.6. The number of nitrogens with zero attached hydrogens (tertiary/aromatic N) is 1. The Morgan fingerprint density at radius 3 is 2.76 bits per heavy atom. The van der Waals surface area contributed by atoms with E-state index < -0.39 is 16.0 Å². The van der Waals surface area contributed by atoms with Crippen molar-refractivity contribution < 1.29 is 17.9 Å². The van der Waals surface area contributed by atoms with E-state index in [4.69, 9.17) is 5.73 Å². The van der Waals surface area contributed by atoms with E-state index >= 15 is 0 Å². The van der Waals surface area contributed by atoms with E-state index in [0.717, 1.165) is 0 Å². The van der Waals surface area contributed by atoms with Crippen molar-refractivity contribution in [1.29, 1.82) is 0 Å². The Labute approximate surface area is 124 Å². The van der Waals surface area contributed by atoms with Crippen LogP contribution in [-0.4, -0.2) is 49.9 Å². The van der Waals surface area contributed by atoms with E-state index in [-0.39, 0.29) is 22.0 Å². The molecule has 1 aliphatic heterocycles. The predicted molar refractivity (Wildman–Crippen MR) is 77.3 cm³/mol. The molecule has 1 aromatic heterocycles. The molecule has 7 nitrogen and oxygen atoms in total. The summed E-state index contributed by atoms with van der Waals surface area (Å²) in [5.74, 6) is -0.600. The molecular formula is C13H21N3O4S. The van der Waals surface area contributed by atoms with Crippen LogP contribution in [0, 0.1) is 5.41 Å². The highest BCUT2D eigenvalue weighted by atomic mass is 32.2. The summed E-state index contributed by atoms with van der Waals surface area (Å²) in [4.78, 5) is 14.1. The van der Waals surface area contributed by atoms with Gasteiger partial charge in [-0.3, -0.25) is 0 Å². The van der Waals surface area contributed by atoms with Crippen LogP contribution in [0.1, 0.15) is 30.8 Å². The van der Waals surface area contributed by atoms with Gasteiger partial charge in [0.25, 0.3) is 0 Å². The molecule has 0 aliphatic carbocycles. The number of hydrogen-bond donors (Lipinski definition) is 2. The van der Waals surface area contributed by atoms with Crippen molar-refractivity contribution in [3.63, 3.8) is 0 Å². The van der Waals surface area contributed by atoms with Gasteiger partial charge in [0.15, 0.2) is 0 Å². The van der Waals surface area contributed by atoms with Crippen molar-refractivity contribution in [3.8, 4) is 0 Å². The van der Waals surface area contributed by atoms with E-state index in [2.05, 4.69) is 9.72 Å².